The quantitative estimate of drug-likeness (QED) is 0.461. The van der Waals surface area contributed by atoms with E-state index in [0.29, 0.717) is 13.1 Å². The van der Waals surface area contributed by atoms with E-state index < -0.39 is 0 Å². The van der Waals surface area contributed by atoms with E-state index in [9.17, 15) is 4.79 Å². The average molecular weight is 398 g/mol. The number of nitrogens with zero attached hydrogens (tertiary/aromatic N) is 4. The Morgan fingerprint density at radius 3 is 2.90 bits per heavy atom. The van der Waals surface area contributed by atoms with Gasteiger partial charge in [0.15, 0.2) is 5.96 Å². The van der Waals surface area contributed by atoms with Crippen LogP contribution in [0, 0.1) is 5.92 Å². The van der Waals surface area contributed by atoms with Gasteiger partial charge in [-0.1, -0.05) is 6.07 Å². The van der Waals surface area contributed by atoms with Crippen molar-refractivity contribution in [2.45, 2.75) is 32.9 Å². The number of hydrogen-bond acceptors (Lipinski definition) is 4. The van der Waals surface area contributed by atoms with Gasteiger partial charge >= 0.3 is 0 Å². The van der Waals surface area contributed by atoms with Crippen molar-refractivity contribution in [3.63, 3.8) is 0 Å². The highest BCUT2D eigenvalue weighted by atomic mass is 16.1. The molecule has 1 amide bonds. The number of hydrogen-bond donors (Lipinski definition) is 3. The Balaban J connectivity index is 1.65. The molecule has 29 heavy (non-hydrogen) atoms. The maximum Gasteiger partial charge on any atom is 0.222 e. The molecule has 1 saturated heterocycles. The normalized spacial score (nSPS) is 17.2. The van der Waals surface area contributed by atoms with E-state index in [4.69, 9.17) is 10.7 Å². The first-order valence-corrected chi connectivity index (χ1v) is 10.3. The monoisotopic (exact) mass is 397 g/mol. The fourth-order valence-corrected chi connectivity index (χ4v) is 3.57. The number of rotatable bonds is 8. The van der Waals surface area contributed by atoms with Gasteiger partial charge in [0.1, 0.15) is 5.82 Å². The minimum Gasteiger partial charge on any atom is -0.369 e. The van der Waals surface area contributed by atoms with E-state index in [0.717, 1.165) is 56.4 Å². The summed E-state index contributed by atoms with van der Waals surface area (Å²) in [5.74, 6) is 1.33. The second kappa shape index (κ2) is 10.5. The third kappa shape index (κ3) is 5.97. The van der Waals surface area contributed by atoms with E-state index in [1.54, 1.807) is 6.20 Å². The number of nitrogens with one attached hydrogen (secondary N) is 2. The van der Waals surface area contributed by atoms with Crippen LogP contribution in [0.15, 0.2) is 47.8 Å². The maximum absolute atomic E-state index is 11.6. The summed E-state index contributed by atoms with van der Waals surface area (Å²) < 4.78 is 2.13. The van der Waals surface area contributed by atoms with Crippen LogP contribution in [-0.4, -0.2) is 47.6 Å². The minimum atomic E-state index is -0.230. The molecule has 0 aromatic carbocycles. The van der Waals surface area contributed by atoms with Crippen molar-refractivity contribution in [3.8, 4) is 0 Å². The van der Waals surface area contributed by atoms with Crippen LogP contribution >= 0.6 is 0 Å². The van der Waals surface area contributed by atoms with E-state index in [2.05, 4.69) is 32.0 Å². The molecule has 1 aliphatic heterocycles. The number of piperidine rings is 1. The lowest BCUT2D eigenvalue weighted by molar-refractivity contribution is -0.122. The molecule has 2 aromatic heterocycles. The fourth-order valence-electron chi connectivity index (χ4n) is 3.57. The number of pyridine rings is 1. The van der Waals surface area contributed by atoms with Crippen LogP contribution in [0.25, 0.3) is 0 Å². The molecular weight excluding hydrogens is 366 g/mol. The molecule has 3 rings (SSSR count). The zero-order valence-electron chi connectivity index (χ0n) is 17.1. The zero-order valence-corrected chi connectivity index (χ0v) is 17.1. The molecule has 1 aliphatic rings. The molecule has 0 aliphatic carbocycles. The number of aromatic nitrogens is 2. The summed E-state index contributed by atoms with van der Waals surface area (Å²) in [4.78, 5) is 23.1. The van der Waals surface area contributed by atoms with Crippen LogP contribution in [0.5, 0.6) is 0 Å². The number of carbonyl (C=O) groups excluding carboxylic acids is 1. The smallest absolute Gasteiger partial charge is 0.222 e. The van der Waals surface area contributed by atoms with Crippen molar-refractivity contribution in [2.24, 2.45) is 16.6 Å². The largest absolute Gasteiger partial charge is 0.369 e. The molecule has 0 spiro atoms. The van der Waals surface area contributed by atoms with Gasteiger partial charge < -0.3 is 25.8 Å². The van der Waals surface area contributed by atoms with E-state index >= 15 is 0 Å². The fraction of sp³-hybridized carbons (Fsp3) is 0.476. The second-order valence-corrected chi connectivity index (χ2v) is 7.22. The molecule has 156 valence electrons. The Morgan fingerprint density at radius 2 is 2.14 bits per heavy atom. The van der Waals surface area contributed by atoms with Crippen molar-refractivity contribution in [1.29, 1.82) is 0 Å². The van der Waals surface area contributed by atoms with Gasteiger partial charge in [-0.15, -0.1) is 0 Å². The first-order chi connectivity index (χ1) is 14.2. The van der Waals surface area contributed by atoms with Crippen molar-refractivity contribution >= 4 is 17.7 Å². The zero-order chi connectivity index (χ0) is 20.5. The molecule has 8 heteroatoms. The second-order valence-electron chi connectivity index (χ2n) is 7.22. The van der Waals surface area contributed by atoms with Crippen molar-refractivity contribution < 1.29 is 4.79 Å². The van der Waals surface area contributed by atoms with Crippen LogP contribution in [-0.2, 0) is 17.9 Å². The van der Waals surface area contributed by atoms with Crippen molar-refractivity contribution in [2.75, 3.05) is 31.1 Å². The molecule has 1 unspecified atom stereocenters. The molecule has 2 aromatic rings. The molecule has 1 fully saturated rings. The Hall–Kier alpha value is -3.03. The van der Waals surface area contributed by atoms with Gasteiger partial charge in [0.05, 0.1) is 12.5 Å². The third-order valence-electron chi connectivity index (χ3n) is 5.07. The summed E-state index contributed by atoms with van der Waals surface area (Å²) in [5, 5.41) is 6.66. The van der Waals surface area contributed by atoms with Gasteiger partial charge in [-0.2, -0.15) is 0 Å². The van der Waals surface area contributed by atoms with Crippen LogP contribution in [0.2, 0.25) is 0 Å². The van der Waals surface area contributed by atoms with Gasteiger partial charge in [0.2, 0.25) is 5.91 Å². The predicted molar refractivity (Wildman–Crippen MR) is 116 cm³/mol. The van der Waals surface area contributed by atoms with Crippen molar-refractivity contribution in [1.82, 2.24) is 20.2 Å². The Kier molecular flexibility index (Phi) is 7.49. The van der Waals surface area contributed by atoms with Gasteiger partial charge in [-0.3, -0.25) is 4.79 Å². The molecule has 0 bridgehead atoms. The summed E-state index contributed by atoms with van der Waals surface area (Å²) in [6, 6.07) is 8.01. The summed E-state index contributed by atoms with van der Waals surface area (Å²) in [7, 11) is 0. The standard InChI is InChI=1S/C21H31N7O/c1-2-23-21(25-10-14-27-11-3-4-12-27)26-15-17-7-5-9-24-20(17)28-13-6-8-18(16-28)19(22)29/h3-5,7,9,11-12,18H,2,6,8,10,13-16H2,1H3,(H2,22,29)(H2,23,25,26). The van der Waals surface area contributed by atoms with Gasteiger partial charge in [-0.05, 0) is 38.0 Å². The van der Waals surface area contributed by atoms with Gasteiger partial charge in [-0.25, -0.2) is 9.98 Å². The number of nitrogens with two attached hydrogens (primary N) is 1. The first kappa shape index (κ1) is 20.7. The molecular formula is C21H31N7O. The highest BCUT2D eigenvalue weighted by Gasteiger charge is 2.25. The minimum absolute atomic E-state index is 0.116. The van der Waals surface area contributed by atoms with E-state index in [1.165, 1.54) is 0 Å². The Morgan fingerprint density at radius 1 is 1.31 bits per heavy atom. The predicted octanol–water partition coefficient (Wildman–Crippen LogP) is 1.34. The third-order valence-corrected chi connectivity index (χ3v) is 5.07. The number of amides is 1. The molecule has 0 radical (unpaired) electrons. The van der Waals surface area contributed by atoms with Crippen LogP contribution in [0.1, 0.15) is 25.3 Å². The Labute approximate surface area is 172 Å². The number of anilines is 1. The Bertz CT molecular complexity index is 803. The van der Waals surface area contributed by atoms with Crippen LogP contribution in [0.4, 0.5) is 5.82 Å². The number of carbonyl (C=O) groups is 1. The van der Waals surface area contributed by atoms with Crippen molar-refractivity contribution in [3.05, 3.63) is 48.4 Å². The SMILES string of the molecule is CCNC(=NCc1cccnc1N1CCCC(C(N)=O)C1)NCCn1cccc1. The molecule has 4 N–H and O–H groups in total. The molecule has 3 heterocycles. The summed E-state index contributed by atoms with van der Waals surface area (Å²) in [5.41, 5.74) is 6.57. The van der Waals surface area contributed by atoms with E-state index in [1.807, 2.05) is 36.7 Å². The highest BCUT2D eigenvalue weighted by Crippen LogP contribution is 2.24. The van der Waals surface area contributed by atoms with E-state index in [-0.39, 0.29) is 11.8 Å². The lowest BCUT2D eigenvalue weighted by Gasteiger charge is -2.33. The summed E-state index contributed by atoms with van der Waals surface area (Å²) in [6.45, 7) is 6.52. The summed E-state index contributed by atoms with van der Waals surface area (Å²) in [6.07, 6.45) is 7.67. The number of primary amides is 1. The maximum atomic E-state index is 11.6. The lowest BCUT2D eigenvalue weighted by atomic mass is 9.97. The number of aliphatic imine (C=N–C) groups is 1. The van der Waals surface area contributed by atoms with Gasteiger partial charge in [0.25, 0.3) is 0 Å². The average Bonchev–Trinajstić information content (AvgIpc) is 3.26. The highest BCUT2D eigenvalue weighted by molar-refractivity contribution is 5.80. The number of guanidine groups is 1. The first-order valence-electron chi connectivity index (χ1n) is 10.3. The summed E-state index contributed by atoms with van der Waals surface area (Å²) >= 11 is 0. The van der Waals surface area contributed by atoms with Gasteiger partial charge in [0, 0.05) is 56.9 Å². The van der Waals surface area contributed by atoms with Crippen LogP contribution < -0.4 is 21.3 Å². The topological polar surface area (TPSA) is 101 Å². The van der Waals surface area contributed by atoms with Crippen LogP contribution in [0.3, 0.4) is 0 Å². The molecule has 8 nitrogen and oxygen atoms in total. The molecule has 1 atom stereocenters. The lowest BCUT2D eigenvalue weighted by Crippen LogP contribution is -2.42. The molecule has 0 saturated carbocycles.